The fraction of sp³-hybridized carbons (Fsp3) is 0.588. The Labute approximate surface area is 126 Å². The first kappa shape index (κ1) is 15.7. The van der Waals surface area contributed by atoms with Gasteiger partial charge < -0.3 is 14.8 Å². The maximum Gasteiger partial charge on any atom is 0.223 e. The van der Waals surface area contributed by atoms with Crippen LogP contribution in [0.3, 0.4) is 0 Å². The maximum absolute atomic E-state index is 12.2. The molecule has 0 radical (unpaired) electrons. The lowest BCUT2D eigenvalue weighted by atomic mass is 9.98. The predicted molar refractivity (Wildman–Crippen MR) is 82.7 cm³/mol. The maximum atomic E-state index is 12.2. The second kappa shape index (κ2) is 7.91. The van der Waals surface area contributed by atoms with Gasteiger partial charge in [-0.1, -0.05) is 38.8 Å². The molecule has 0 aromatic heterocycles. The molecular formula is C17H25NO3. The average Bonchev–Trinajstić information content (AvgIpc) is 2.53. The lowest BCUT2D eigenvalue weighted by molar-refractivity contribution is -0.125. The van der Waals surface area contributed by atoms with E-state index in [2.05, 4.69) is 19.2 Å². The molecule has 0 fully saturated rings. The monoisotopic (exact) mass is 291 g/mol. The Morgan fingerprint density at radius 1 is 1.33 bits per heavy atom. The zero-order chi connectivity index (χ0) is 15.1. The first-order chi connectivity index (χ1) is 10.2. The third-order valence-electron chi connectivity index (χ3n) is 3.84. The topological polar surface area (TPSA) is 47.6 Å². The molecule has 1 N–H and O–H groups in total. The van der Waals surface area contributed by atoms with Crippen molar-refractivity contribution in [3.8, 4) is 11.5 Å². The van der Waals surface area contributed by atoms with Crippen LogP contribution in [0.5, 0.6) is 11.5 Å². The van der Waals surface area contributed by atoms with Crippen LogP contribution in [-0.4, -0.2) is 25.2 Å². The molecule has 1 aromatic rings. The van der Waals surface area contributed by atoms with Gasteiger partial charge in [-0.15, -0.1) is 0 Å². The smallest absolute Gasteiger partial charge is 0.223 e. The molecule has 21 heavy (non-hydrogen) atoms. The highest BCUT2D eigenvalue weighted by Gasteiger charge is 2.22. The summed E-state index contributed by atoms with van der Waals surface area (Å²) in [6.07, 6.45) is 3.95. The van der Waals surface area contributed by atoms with Crippen molar-refractivity contribution in [2.45, 2.75) is 45.6 Å². The van der Waals surface area contributed by atoms with Gasteiger partial charge in [0.25, 0.3) is 0 Å². The van der Waals surface area contributed by atoms with Gasteiger partial charge in [0.15, 0.2) is 11.5 Å². The van der Waals surface area contributed by atoms with Crippen molar-refractivity contribution >= 4 is 5.91 Å². The normalized spacial score (nSPS) is 18.1. The van der Waals surface area contributed by atoms with E-state index >= 15 is 0 Å². The molecule has 0 aliphatic carbocycles. The van der Waals surface area contributed by atoms with E-state index < -0.39 is 0 Å². The highest BCUT2D eigenvalue weighted by molar-refractivity contribution is 5.78. The average molecular weight is 291 g/mol. The van der Waals surface area contributed by atoms with Gasteiger partial charge >= 0.3 is 0 Å². The van der Waals surface area contributed by atoms with Gasteiger partial charge in [-0.2, -0.15) is 0 Å². The number of fused-ring (bicyclic) bond motifs is 1. The molecule has 2 unspecified atom stereocenters. The zero-order valence-electron chi connectivity index (χ0n) is 12.9. The van der Waals surface area contributed by atoms with Gasteiger partial charge in [0, 0.05) is 5.92 Å². The number of hydrogen-bond donors (Lipinski definition) is 1. The lowest BCUT2D eigenvalue weighted by Crippen LogP contribution is -2.42. The summed E-state index contributed by atoms with van der Waals surface area (Å²) in [7, 11) is 0. The molecule has 1 aromatic carbocycles. The minimum atomic E-state index is -0.118. The second-order valence-corrected chi connectivity index (χ2v) is 5.49. The SMILES string of the molecule is CCCCC(CC)C(=O)NCC1COc2ccccc2O1. The summed E-state index contributed by atoms with van der Waals surface area (Å²) in [5.41, 5.74) is 0. The molecule has 0 saturated carbocycles. The fourth-order valence-electron chi connectivity index (χ4n) is 2.49. The molecule has 1 amide bonds. The second-order valence-electron chi connectivity index (χ2n) is 5.49. The van der Waals surface area contributed by atoms with E-state index in [0.717, 1.165) is 37.2 Å². The minimum absolute atomic E-state index is 0.113. The summed E-state index contributed by atoms with van der Waals surface area (Å²) in [6, 6.07) is 7.62. The van der Waals surface area contributed by atoms with Crippen LogP contribution >= 0.6 is 0 Å². The summed E-state index contributed by atoms with van der Waals surface area (Å²) in [4.78, 5) is 12.2. The van der Waals surface area contributed by atoms with Crippen molar-refractivity contribution in [3.05, 3.63) is 24.3 Å². The Kier molecular flexibility index (Phi) is 5.90. The highest BCUT2D eigenvalue weighted by atomic mass is 16.6. The van der Waals surface area contributed by atoms with Crippen LogP contribution in [0.1, 0.15) is 39.5 Å². The summed E-state index contributed by atoms with van der Waals surface area (Å²) >= 11 is 0. The van der Waals surface area contributed by atoms with Crippen LogP contribution in [0.2, 0.25) is 0 Å². The number of benzene rings is 1. The number of hydrogen-bond acceptors (Lipinski definition) is 3. The summed E-state index contributed by atoms with van der Waals surface area (Å²) in [5.74, 6) is 1.77. The molecule has 1 aliphatic heterocycles. The highest BCUT2D eigenvalue weighted by Crippen LogP contribution is 2.30. The van der Waals surface area contributed by atoms with Gasteiger partial charge in [-0.3, -0.25) is 4.79 Å². The van der Waals surface area contributed by atoms with Crippen molar-refractivity contribution < 1.29 is 14.3 Å². The number of carbonyl (C=O) groups excluding carboxylic acids is 1. The van der Waals surface area contributed by atoms with Crippen LogP contribution in [0.4, 0.5) is 0 Å². The Balaban J connectivity index is 1.80. The molecule has 1 heterocycles. The molecule has 0 bridgehead atoms. The molecule has 2 atom stereocenters. The number of rotatable bonds is 7. The number of nitrogens with one attached hydrogen (secondary N) is 1. The molecule has 2 rings (SSSR count). The van der Waals surface area contributed by atoms with E-state index in [9.17, 15) is 4.79 Å². The van der Waals surface area contributed by atoms with Gasteiger partial charge in [-0.25, -0.2) is 0 Å². The van der Waals surface area contributed by atoms with Crippen LogP contribution in [-0.2, 0) is 4.79 Å². The van der Waals surface area contributed by atoms with E-state index in [0.29, 0.717) is 13.2 Å². The van der Waals surface area contributed by atoms with E-state index in [4.69, 9.17) is 9.47 Å². The standard InChI is InChI=1S/C17H25NO3/c1-3-5-8-13(4-2)17(19)18-11-14-12-20-15-9-6-7-10-16(15)21-14/h6-7,9-10,13-14H,3-5,8,11-12H2,1-2H3,(H,18,19). The van der Waals surface area contributed by atoms with E-state index in [1.54, 1.807) is 0 Å². The van der Waals surface area contributed by atoms with Gasteiger partial charge in [-0.05, 0) is 25.0 Å². The fourth-order valence-corrected chi connectivity index (χ4v) is 2.49. The molecule has 116 valence electrons. The zero-order valence-corrected chi connectivity index (χ0v) is 12.9. The molecule has 0 spiro atoms. The number of para-hydroxylation sites is 2. The molecule has 1 aliphatic rings. The van der Waals surface area contributed by atoms with Crippen LogP contribution in [0.15, 0.2) is 24.3 Å². The van der Waals surface area contributed by atoms with E-state index in [1.165, 1.54) is 0 Å². The predicted octanol–water partition coefficient (Wildman–Crippen LogP) is 3.16. The number of ether oxygens (including phenoxy) is 2. The Bertz CT molecular complexity index is 461. The summed E-state index contributed by atoms with van der Waals surface area (Å²) in [6.45, 7) is 5.19. The quantitative estimate of drug-likeness (QED) is 0.839. The van der Waals surface area contributed by atoms with Crippen molar-refractivity contribution in [1.29, 1.82) is 0 Å². The molecule has 4 heteroatoms. The first-order valence-electron chi connectivity index (χ1n) is 7.90. The van der Waals surface area contributed by atoms with Crippen LogP contribution < -0.4 is 14.8 Å². The number of unbranched alkanes of at least 4 members (excludes halogenated alkanes) is 1. The van der Waals surface area contributed by atoms with E-state index in [1.807, 2.05) is 24.3 Å². The van der Waals surface area contributed by atoms with Crippen molar-refractivity contribution in [2.75, 3.05) is 13.2 Å². The van der Waals surface area contributed by atoms with Crippen molar-refractivity contribution in [1.82, 2.24) is 5.32 Å². The Morgan fingerprint density at radius 2 is 2.10 bits per heavy atom. The van der Waals surface area contributed by atoms with Crippen LogP contribution in [0.25, 0.3) is 0 Å². The number of carbonyl (C=O) groups is 1. The van der Waals surface area contributed by atoms with Crippen molar-refractivity contribution in [2.24, 2.45) is 5.92 Å². The first-order valence-corrected chi connectivity index (χ1v) is 7.90. The third-order valence-corrected chi connectivity index (χ3v) is 3.84. The van der Waals surface area contributed by atoms with E-state index in [-0.39, 0.29) is 17.9 Å². The Hall–Kier alpha value is -1.71. The summed E-state index contributed by atoms with van der Waals surface area (Å²) in [5, 5.41) is 3.00. The largest absolute Gasteiger partial charge is 0.486 e. The van der Waals surface area contributed by atoms with Gasteiger partial charge in [0.05, 0.1) is 6.54 Å². The lowest BCUT2D eigenvalue weighted by Gasteiger charge is -2.27. The van der Waals surface area contributed by atoms with Crippen LogP contribution in [0, 0.1) is 5.92 Å². The molecular weight excluding hydrogens is 266 g/mol. The molecule has 4 nitrogen and oxygen atoms in total. The third kappa shape index (κ3) is 4.38. The van der Waals surface area contributed by atoms with Gasteiger partial charge in [0.1, 0.15) is 12.7 Å². The number of amides is 1. The Morgan fingerprint density at radius 3 is 2.81 bits per heavy atom. The van der Waals surface area contributed by atoms with Gasteiger partial charge in [0.2, 0.25) is 5.91 Å². The summed E-state index contributed by atoms with van der Waals surface area (Å²) < 4.78 is 11.5. The van der Waals surface area contributed by atoms with Crippen molar-refractivity contribution in [3.63, 3.8) is 0 Å². The minimum Gasteiger partial charge on any atom is -0.486 e. The molecule has 0 saturated heterocycles.